The van der Waals surface area contributed by atoms with Crippen LogP contribution in [0, 0.1) is 29.1 Å². The molecule has 0 aromatic heterocycles. The van der Waals surface area contributed by atoms with Gasteiger partial charge in [0.2, 0.25) is 5.91 Å². The summed E-state index contributed by atoms with van der Waals surface area (Å²) in [6.45, 7) is 17.8. The van der Waals surface area contributed by atoms with E-state index in [1.54, 1.807) is 14.0 Å². The molecule has 1 saturated heterocycles. The van der Waals surface area contributed by atoms with Crippen molar-refractivity contribution in [2.45, 2.75) is 105 Å². The Kier molecular flexibility index (Phi) is 13.0. The molecule has 1 saturated carbocycles. The number of carbonyl (C=O) groups excluding carboxylic acids is 1. The number of rotatable bonds is 14. The molecule has 1 heterocycles. The molecule has 2 aromatic carbocycles. The summed E-state index contributed by atoms with van der Waals surface area (Å²) in [5.41, 5.74) is 11.8. The van der Waals surface area contributed by atoms with E-state index in [0.29, 0.717) is 24.3 Å². The zero-order chi connectivity index (χ0) is 35.3. The molecule has 9 heteroatoms. The molecule has 4 rings (SSSR count). The van der Waals surface area contributed by atoms with Crippen LogP contribution in [0.1, 0.15) is 78.9 Å². The molecule has 1 aliphatic carbocycles. The van der Waals surface area contributed by atoms with Crippen LogP contribution in [0.3, 0.4) is 0 Å². The number of methoxy groups -OCH3 is 1. The normalized spacial score (nSPS) is 26.4. The molecule has 0 radical (unpaired) electrons. The maximum atomic E-state index is 13.7. The number of para-hydroxylation sites is 1. The number of aliphatic hydroxyl groups excluding tert-OH is 1. The molecular formula is C39H63N5O4. The van der Waals surface area contributed by atoms with Crippen molar-refractivity contribution in [1.82, 2.24) is 15.7 Å². The van der Waals surface area contributed by atoms with Crippen LogP contribution >= 0.6 is 0 Å². The van der Waals surface area contributed by atoms with Gasteiger partial charge in [-0.2, -0.15) is 5.06 Å². The average molecular weight is 666 g/mol. The van der Waals surface area contributed by atoms with Crippen LogP contribution in [-0.2, 0) is 22.7 Å². The van der Waals surface area contributed by atoms with Crippen molar-refractivity contribution in [3.05, 3.63) is 47.5 Å². The van der Waals surface area contributed by atoms with E-state index >= 15 is 0 Å². The number of nitrogens with zero attached hydrogens (tertiary/aromatic N) is 2. The summed E-state index contributed by atoms with van der Waals surface area (Å²) in [7, 11) is 5.82. The molecule has 5 N–H and O–H groups in total. The van der Waals surface area contributed by atoms with Crippen LogP contribution in [0.15, 0.2) is 36.4 Å². The van der Waals surface area contributed by atoms with Gasteiger partial charge in [0, 0.05) is 62.4 Å². The summed E-state index contributed by atoms with van der Waals surface area (Å²) in [6, 6.07) is 12.6. The third-order valence-electron chi connectivity index (χ3n) is 11.1. The van der Waals surface area contributed by atoms with Crippen molar-refractivity contribution >= 4 is 11.6 Å². The van der Waals surface area contributed by atoms with Crippen molar-refractivity contribution in [1.29, 1.82) is 0 Å². The summed E-state index contributed by atoms with van der Waals surface area (Å²) >= 11 is 0. The third-order valence-corrected chi connectivity index (χ3v) is 11.1. The molecule has 1 amide bonds. The van der Waals surface area contributed by atoms with Crippen molar-refractivity contribution in [3.63, 3.8) is 0 Å². The maximum Gasteiger partial charge on any atom is 0.221 e. The number of ether oxygens (including phenoxy) is 1. The first kappa shape index (κ1) is 38.1. The lowest BCUT2D eigenvalue weighted by atomic mass is 9.63. The molecule has 268 valence electrons. The Balaban J connectivity index is 1.61. The summed E-state index contributed by atoms with van der Waals surface area (Å²) in [5, 5.41) is 19.7. The van der Waals surface area contributed by atoms with Gasteiger partial charge in [0.15, 0.2) is 0 Å². The molecule has 48 heavy (non-hydrogen) atoms. The van der Waals surface area contributed by atoms with Gasteiger partial charge in [-0.15, -0.1) is 0 Å². The number of anilines is 1. The molecule has 2 fully saturated rings. The Labute approximate surface area is 289 Å². The van der Waals surface area contributed by atoms with Crippen LogP contribution in [0.5, 0.6) is 5.75 Å². The quantitative estimate of drug-likeness (QED) is 0.207. The van der Waals surface area contributed by atoms with Gasteiger partial charge < -0.3 is 31.1 Å². The van der Waals surface area contributed by atoms with Gasteiger partial charge in [-0.05, 0) is 78.8 Å². The first-order valence-electron chi connectivity index (χ1n) is 18.0. The van der Waals surface area contributed by atoms with Gasteiger partial charge in [0.25, 0.3) is 0 Å². The van der Waals surface area contributed by atoms with E-state index in [1.807, 2.05) is 17.2 Å². The number of aliphatic hydroxyl groups is 1. The van der Waals surface area contributed by atoms with Crippen molar-refractivity contribution < 1.29 is 19.5 Å². The first-order chi connectivity index (χ1) is 22.7. The molecule has 0 unspecified atom stereocenters. The van der Waals surface area contributed by atoms with Crippen molar-refractivity contribution in [2.24, 2.45) is 34.8 Å². The first-order valence-corrected chi connectivity index (χ1v) is 18.0. The summed E-state index contributed by atoms with van der Waals surface area (Å²) in [4.78, 5) is 22.3. The lowest BCUT2D eigenvalue weighted by molar-refractivity contribution is -0.170. The largest absolute Gasteiger partial charge is 0.496 e. The predicted molar refractivity (Wildman–Crippen MR) is 196 cm³/mol. The number of hydrogen-bond donors (Lipinski definition) is 4. The maximum absolute atomic E-state index is 13.7. The minimum atomic E-state index is -0.694. The lowest BCUT2D eigenvalue weighted by Crippen LogP contribution is -2.50. The van der Waals surface area contributed by atoms with E-state index in [0.717, 1.165) is 54.1 Å². The molecule has 1 aliphatic heterocycles. The Hall–Kier alpha value is -2.69. The highest BCUT2D eigenvalue weighted by atomic mass is 16.7. The number of hydrogen-bond acceptors (Lipinski definition) is 8. The van der Waals surface area contributed by atoms with Crippen LogP contribution in [-0.4, -0.2) is 74.7 Å². The number of nitrogens with one attached hydrogen (secondary N) is 2. The number of hydroxylamine groups is 2. The van der Waals surface area contributed by atoms with Crippen LogP contribution in [0.25, 0.3) is 11.1 Å². The van der Waals surface area contributed by atoms with Gasteiger partial charge in [0.1, 0.15) is 5.75 Å². The van der Waals surface area contributed by atoms with E-state index < -0.39 is 12.2 Å². The van der Waals surface area contributed by atoms with Gasteiger partial charge in [0.05, 0.1) is 31.9 Å². The van der Waals surface area contributed by atoms with E-state index in [9.17, 15) is 9.90 Å². The Morgan fingerprint density at radius 3 is 2.54 bits per heavy atom. The Morgan fingerprint density at radius 1 is 1.19 bits per heavy atom. The predicted octanol–water partition coefficient (Wildman–Crippen LogP) is 5.58. The molecular weight excluding hydrogens is 602 g/mol. The summed E-state index contributed by atoms with van der Waals surface area (Å²) in [6.07, 6.45) is 1.17. The average Bonchev–Trinajstić information content (AvgIpc) is 3.37. The summed E-state index contributed by atoms with van der Waals surface area (Å²) in [5.74, 6) is 1.89. The second kappa shape index (κ2) is 16.3. The minimum Gasteiger partial charge on any atom is -0.496 e. The fourth-order valence-electron chi connectivity index (χ4n) is 7.76. The molecule has 0 bridgehead atoms. The smallest absolute Gasteiger partial charge is 0.221 e. The Bertz CT molecular complexity index is 1360. The van der Waals surface area contributed by atoms with E-state index in [4.69, 9.17) is 15.3 Å². The highest BCUT2D eigenvalue weighted by Crippen LogP contribution is 2.44. The second-order valence-electron chi connectivity index (χ2n) is 15.7. The van der Waals surface area contributed by atoms with Gasteiger partial charge in [-0.3, -0.25) is 9.63 Å². The molecule has 0 spiro atoms. The second-order valence-corrected chi connectivity index (χ2v) is 15.7. The SMILES string of the molecule is COc1c(CN2O[C@@H](CN)[C@@H]([C@H](C)O)[C@H]2CC(=O)N[C@H]2CCC(C)(C)[C@@H](C)[C@@H]2C)cccc1-c1cc(CNCC(C)C)cc(N(C)C)c1. The fraction of sp³-hybridized carbons (Fsp3) is 0.667. The number of carbonyl (C=O) groups is 1. The van der Waals surface area contributed by atoms with Crippen molar-refractivity contribution in [2.75, 3.05) is 39.2 Å². The number of nitrogens with two attached hydrogens (primary N) is 1. The zero-order valence-electron chi connectivity index (χ0n) is 31.2. The fourth-order valence-corrected chi connectivity index (χ4v) is 7.76. The van der Waals surface area contributed by atoms with Gasteiger partial charge in [-0.25, -0.2) is 0 Å². The monoisotopic (exact) mass is 665 g/mol. The van der Waals surface area contributed by atoms with Crippen LogP contribution in [0.2, 0.25) is 0 Å². The molecule has 2 aliphatic rings. The minimum absolute atomic E-state index is 0.0134. The number of benzene rings is 2. The zero-order valence-corrected chi connectivity index (χ0v) is 31.2. The van der Waals surface area contributed by atoms with Crippen LogP contribution < -0.4 is 26.0 Å². The van der Waals surface area contributed by atoms with E-state index in [1.165, 1.54) is 5.56 Å². The van der Waals surface area contributed by atoms with Gasteiger partial charge >= 0.3 is 0 Å². The highest BCUT2D eigenvalue weighted by molar-refractivity contribution is 5.77. The molecule has 7 atom stereocenters. The summed E-state index contributed by atoms with van der Waals surface area (Å²) < 4.78 is 6.11. The third kappa shape index (κ3) is 8.90. The molecule has 2 aromatic rings. The van der Waals surface area contributed by atoms with Crippen molar-refractivity contribution in [3.8, 4) is 16.9 Å². The molecule has 9 nitrogen and oxygen atoms in total. The highest BCUT2D eigenvalue weighted by Gasteiger charge is 2.47. The van der Waals surface area contributed by atoms with Gasteiger partial charge in [-0.1, -0.05) is 59.7 Å². The van der Waals surface area contributed by atoms with E-state index in [2.05, 4.69) is 95.4 Å². The Morgan fingerprint density at radius 2 is 1.92 bits per heavy atom. The van der Waals surface area contributed by atoms with Crippen LogP contribution in [0.4, 0.5) is 5.69 Å². The standard InChI is InChI=1S/C39H63N5O4/c1-24(2)21-41-22-28-16-30(18-31(17-28)43(8)9)32-13-11-12-29(38(32)47-10)23-44-34(37(27(5)45)35(20-40)48-44)19-36(46)42-33-14-15-39(6,7)26(4)25(33)3/h11-13,16-18,24-27,33-35,37,41,45H,14-15,19-23,40H2,1-10H3,(H,42,46)/t25-,26-,27-,33-,34+,35-,37-/m0/s1. The van der Waals surface area contributed by atoms with E-state index in [-0.39, 0.29) is 42.3 Å². The lowest BCUT2D eigenvalue weighted by Gasteiger charge is -2.45. The number of amides is 1. The topological polar surface area (TPSA) is 112 Å².